The van der Waals surface area contributed by atoms with E-state index in [1.54, 1.807) is 12.1 Å². The Labute approximate surface area is 169 Å². The van der Waals surface area contributed by atoms with Gasteiger partial charge in [0.1, 0.15) is 23.9 Å². The normalized spacial score (nSPS) is 15.0. The van der Waals surface area contributed by atoms with Crippen molar-refractivity contribution in [3.05, 3.63) is 29.8 Å². The van der Waals surface area contributed by atoms with Crippen molar-refractivity contribution in [3.63, 3.8) is 0 Å². The number of carbonyl (C=O) groups excluding carboxylic acids is 2. The minimum atomic E-state index is -1.24. The second kappa shape index (κ2) is 12.0. The number of rotatable bonds is 12. The van der Waals surface area contributed by atoms with Gasteiger partial charge in [0.2, 0.25) is 11.8 Å². The predicted molar refractivity (Wildman–Crippen MR) is 106 cm³/mol. The summed E-state index contributed by atoms with van der Waals surface area (Å²) in [6.07, 6.45) is 0.293. The van der Waals surface area contributed by atoms with E-state index >= 15 is 0 Å². The number of aliphatic hydroxyl groups is 1. The molecule has 29 heavy (non-hydrogen) atoms. The van der Waals surface area contributed by atoms with E-state index in [0.717, 1.165) is 0 Å². The highest BCUT2D eigenvalue weighted by atomic mass is 16.4. The number of carboxylic acid groups (broad SMARTS) is 1. The number of aliphatic hydroxyl groups excluding tert-OH is 1. The lowest BCUT2D eigenvalue weighted by Gasteiger charge is -2.23. The molecule has 1 aromatic carbocycles. The maximum Gasteiger partial charge on any atom is 0.326 e. The molecule has 9 N–H and O–H groups in total. The first-order valence-corrected chi connectivity index (χ1v) is 9.40. The molecule has 162 valence electrons. The summed E-state index contributed by atoms with van der Waals surface area (Å²) in [6.45, 7) is 1.76. The molecule has 0 aliphatic carbocycles. The number of benzene rings is 1. The molecule has 0 aromatic heterocycles. The van der Waals surface area contributed by atoms with Crippen LogP contribution in [0.4, 0.5) is 0 Å². The van der Waals surface area contributed by atoms with Gasteiger partial charge in [-0.3, -0.25) is 9.59 Å². The van der Waals surface area contributed by atoms with Crippen LogP contribution in [0.1, 0.15) is 31.7 Å². The average molecular weight is 410 g/mol. The van der Waals surface area contributed by atoms with Crippen LogP contribution in [0.3, 0.4) is 0 Å². The third kappa shape index (κ3) is 8.46. The molecular formula is C19H30N4O6. The summed E-state index contributed by atoms with van der Waals surface area (Å²) in [7, 11) is 0. The zero-order valence-corrected chi connectivity index (χ0v) is 16.4. The van der Waals surface area contributed by atoms with E-state index in [-0.39, 0.29) is 18.6 Å². The number of hydrogen-bond donors (Lipinski definition) is 7. The molecule has 10 heteroatoms. The molecule has 4 atom stereocenters. The fraction of sp³-hybridized carbons (Fsp3) is 0.526. The topological polar surface area (TPSA) is 188 Å². The lowest BCUT2D eigenvalue weighted by molar-refractivity contribution is -0.142. The monoisotopic (exact) mass is 410 g/mol. The summed E-state index contributed by atoms with van der Waals surface area (Å²) in [5.74, 6) is -2.57. The lowest BCUT2D eigenvalue weighted by Crippen LogP contribution is -2.56. The summed E-state index contributed by atoms with van der Waals surface area (Å²) in [5, 5.41) is 33.1. The number of carboxylic acids is 1. The average Bonchev–Trinajstić information content (AvgIpc) is 2.67. The Kier molecular flexibility index (Phi) is 10.1. The smallest absolute Gasteiger partial charge is 0.326 e. The molecule has 1 aromatic rings. The number of unbranched alkanes of at least 4 members (excludes halogenated alkanes) is 1. The van der Waals surface area contributed by atoms with Gasteiger partial charge in [-0.25, -0.2) is 4.79 Å². The second-order valence-electron chi connectivity index (χ2n) is 6.88. The van der Waals surface area contributed by atoms with Gasteiger partial charge in [-0.1, -0.05) is 12.1 Å². The van der Waals surface area contributed by atoms with Crippen molar-refractivity contribution in [2.24, 2.45) is 11.5 Å². The molecule has 0 spiro atoms. The van der Waals surface area contributed by atoms with Gasteiger partial charge in [0, 0.05) is 6.42 Å². The quantitative estimate of drug-likeness (QED) is 0.210. The van der Waals surface area contributed by atoms with Crippen molar-refractivity contribution in [1.29, 1.82) is 0 Å². The van der Waals surface area contributed by atoms with E-state index in [9.17, 15) is 29.7 Å². The molecule has 0 fully saturated rings. The van der Waals surface area contributed by atoms with Crippen molar-refractivity contribution >= 4 is 17.8 Å². The fourth-order valence-electron chi connectivity index (χ4n) is 2.59. The summed E-state index contributed by atoms with van der Waals surface area (Å²) < 4.78 is 0. The third-order valence-electron chi connectivity index (χ3n) is 4.39. The van der Waals surface area contributed by atoms with Crippen LogP contribution in [0.2, 0.25) is 0 Å². The Hall–Kier alpha value is -2.69. The van der Waals surface area contributed by atoms with Gasteiger partial charge in [0.05, 0.1) is 6.10 Å². The third-order valence-corrected chi connectivity index (χ3v) is 4.39. The maximum atomic E-state index is 12.7. The number of nitrogens with one attached hydrogen (secondary N) is 2. The minimum Gasteiger partial charge on any atom is -0.508 e. The number of hydrogen-bond acceptors (Lipinski definition) is 7. The number of aliphatic carboxylic acids is 1. The van der Waals surface area contributed by atoms with Gasteiger partial charge in [-0.2, -0.15) is 0 Å². The van der Waals surface area contributed by atoms with Gasteiger partial charge in [0.25, 0.3) is 0 Å². The zero-order chi connectivity index (χ0) is 22.0. The highest BCUT2D eigenvalue weighted by Crippen LogP contribution is 2.12. The molecule has 10 nitrogen and oxygen atoms in total. The van der Waals surface area contributed by atoms with Crippen LogP contribution in [0.25, 0.3) is 0 Å². The molecule has 0 bridgehead atoms. The highest BCUT2D eigenvalue weighted by molar-refractivity contribution is 5.92. The number of phenols is 1. The second-order valence-corrected chi connectivity index (χ2v) is 6.88. The molecule has 0 saturated carbocycles. The van der Waals surface area contributed by atoms with Gasteiger partial charge >= 0.3 is 5.97 Å². The van der Waals surface area contributed by atoms with Crippen LogP contribution in [0.15, 0.2) is 24.3 Å². The Morgan fingerprint density at radius 1 is 1.03 bits per heavy atom. The SMILES string of the molecule is C[C@@H](O)[C@@H](N)C(=O)N[C@@H](CCCCN)C(=O)N[C@H](Cc1ccc(O)cc1)C(=O)O. The summed E-state index contributed by atoms with van der Waals surface area (Å²) >= 11 is 0. The van der Waals surface area contributed by atoms with Crippen LogP contribution in [-0.4, -0.2) is 63.9 Å². The Morgan fingerprint density at radius 3 is 2.14 bits per heavy atom. The summed E-state index contributed by atoms with van der Waals surface area (Å²) in [4.78, 5) is 36.4. The van der Waals surface area contributed by atoms with Crippen LogP contribution in [0, 0.1) is 0 Å². The largest absolute Gasteiger partial charge is 0.508 e. The Morgan fingerprint density at radius 2 is 1.62 bits per heavy atom. The van der Waals surface area contributed by atoms with Crippen molar-refractivity contribution in [3.8, 4) is 5.75 Å². The first-order chi connectivity index (χ1) is 13.6. The maximum absolute atomic E-state index is 12.7. The summed E-state index contributed by atoms with van der Waals surface area (Å²) in [5.41, 5.74) is 11.7. The van der Waals surface area contributed by atoms with E-state index in [2.05, 4.69) is 10.6 Å². The van der Waals surface area contributed by atoms with Gasteiger partial charge in [-0.15, -0.1) is 0 Å². The molecule has 2 amide bonds. The first-order valence-electron chi connectivity index (χ1n) is 9.40. The Balaban J connectivity index is 2.86. The minimum absolute atomic E-state index is 0.00198. The summed E-state index contributed by atoms with van der Waals surface area (Å²) in [6, 6.07) is 2.49. The fourth-order valence-corrected chi connectivity index (χ4v) is 2.59. The van der Waals surface area contributed by atoms with E-state index in [1.807, 2.05) is 0 Å². The van der Waals surface area contributed by atoms with Gasteiger partial charge < -0.3 is 37.4 Å². The molecule has 0 aliphatic rings. The number of carbonyl (C=O) groups is 3. The van der Waals surface area contributed by atoms with Crippen molar-refractivity contribution in [1.82, 2.24) is 10.6 Å². The van der Waals surface area contributed by atoms with Gasteiger partial charge in [0.15, 0.2) is 0 Å². The van der Waals surface area contributed by atoms with Crippen molar-refractivity contribution < 1.29 is 29.7 Å². The van der Waals surface area contributed by atoms with E-state index in [4.69, 9.17) is 11.5 Å². The Bertz CT molecular complexity index is 680. The standard InChI is InChI=1S/C19H30N4O6/c1-11(24)16(21)18(27)22-14(4-2-3-9-20)17(26)23-15(19(28)29)10-12-5-7-13(25)8-6-12/h5-8,11,14-16,24-25H,2-4,9-10,20-21H2,1H3,(H,22,27)(H,23,26)(H,28,29)/t11-,14+,15-,16-/m1/s1. The number of aromatic hydroxyl groups is 1. The predicted octanol–water partition coefficient (Wildman–Crippen LogP) is -1.17. The number of nitrogens with two attached hydrogens (primary N) is 2. The van der Waals surface area contributed by atoms with E-state index in [0.29, 0.717) is 24.9 Å². The van der Waals surface area contributed by atoms with Crippen LogP contribution in [0.5, 0.6) is 5.75 Å². The van der Waals surface area contributed by atoms with E-state index < -0.39 is 42.0 Å². The lowest BCUT2D eigenvalue weighted by atomic mass is 10.0. The molecule has 0 heterocycles. The molecule has 0 radical (unpaired) electrons. The number of amides is 2. The van der Waals surface area contributed by atoms with Crippen LogP contribution >= 0.6 is 0 Å². The zero-order valence-electron chi connectivity index (χ0n) is 16.4. The number of phenolic OH excluding ortho intramolecular Hbond substituents is 1. The first kappa shape index (κ1) is 24.3. The molecule has 0 unspecified atom stereocenters. The molecular weight excluding hydrogens is 380 g/mol. The molecule has 0 saturated heterocycles. The van der Waals surface area contributed by atoms with Crippen molar-refractivity contribution in [2.45, 2.75) is 56.8 Å². The van der Waals surface area contributed by atoms with E-state index in [1.165, 1.54) is 19.1 Å². The molecule has 1 rings (SSSR count). The van der Waals surface area contributed by atoms with Crippen molar-refractivity contribution in [2.75, 3.05) is 6.54 Å². The highest BCUT2D eigenvalue weighted by Gasteiger charge is 2.29. The van der Waals surface area contributed by atoms with Crippen LogP contribution in [-0.2, 0) is 20.8 Å². The van der Waals surface area contributed by atoms with Crippen LogP contribution < -0.4 is 22.1 Å². The van der Waals surface area contributed by atoms with Gasteiger partial charge in [-0.05, 0) is 50.4 Å². The molecule has 0 aliphatic heterocycles.